The summed E-state index contributed by atoms with van der Waals surface area (Å²) in [6.45, 7) is 2.57. The Kier molecular flexibility index (Phi) is 4.43. The lowest BCUT2D eigenvalue weighted by Crippen LogP contribution is -2.30. The Balaban J connectivity index is 1.99. The van der Waals surface area contributed by atoms with Crippen molar-refractivity contribution >= 4 is 0 Å². The van der Waals surface area contributed by atoms with E-state index in [9.17, 15) is 8.78 Å². The van der Waals surface area contributed by atoms with Crippen molar-refractivity contribution in [2.24, 2.45) is 0 Å². The van der Waals surface area contributed by atoms with Crippen LogP contribution in [0.4, 0.5) is 8.78 Å². The van der Waals surface area contributed by atoms with E-state index in [2.05, 4.69) is 10.4 Å². The zero-order chi connectivity index (χ0) is 14.5. The predicted molar refractivity (Wildman–Crippen MR) is 69.6 cm³/mol. The molecule has 0 aliphatic heterocycles. The number of aromatic nitrogens is 2. The summed E-state index contributed by atoms with van der Waals surface area (Å²) in [6.07, 6.45) is 3.49. The van der Waals surface area contributed by atoms with E-state index in [0.717, 1.165) is 12.1 Å². The lowest BCUT2D eigenvalue weighted by atomic mass is 10.1. The lowest BCUT2D eigenvalue weighted by molar-refractivity contribution is 0.438. The van der Waals surface area contributed by atoms with Gasteiger partial charge in [0.25, 0.3) is 0 Å². The molecule has 0 saturated carbocycles. The van der Waals surface area contributed by atoms with Gasteiger partial charge in [-0.3, -0.25) is 4.68 Å². The average Bonchev–Trinajstić information content (AvgIpc) is 2.90. The molecule has 6 heteroatoms. The molecule has 0 spiro atoms. The second-order valence-electron chi connectivity index (χ2n) is 4.54. The van der Waals surface area contributed by atoms with Crippen molar-refractivity contribution in [2.45, 2.75) is 26.1 Å². The number of hydrogen-bond donors (Lipinski definition) is 1. The quantitative estimate of drug-likeness (QED) is 0.911. The maximum absolute atomic E-state index is 13.7. The van der Waals surface area contributed by atoms with Gasteiger partial charge in [-0.05, 0) is 25.1 Å². The lowest BCUT2D eigenvalue weighted by Gasteiger charge is -2.14. The first-order chi connectivity index (χ1) is 9.60. The molecule has 1 atom stereocenters. The van der Waals surface area contributed by atoms with Crippen LogP contribution in [0.1, 0.15) is 18.1 Å². The maximum Gasteiger partial charge on any atom is 0.131 e. The molecule has 1 N–H and O–H groups in total. The van der Waals surface area contributed by atoms with Crippen LogP contribution in [0.3, 0.4) is 0 Å². The van der Waals surface area contributed by atoms with Gasteiger partial charge < -0.3 is 5.32 Å². The van der Waals surface area contributed by atoms with Gasteiger partial charge >= 0.3 is 0 Å². The van der Waals surface area contributed by atoms with Crippen LogP contribution >= 0.6 is 0 Å². The van der Waals surface area contributed by atoms with Gasteiger partial charge in [0.2, 0.25) is 0 Å². The third kappa shape index (κ3) is 3.39. The van der Waals surface area contributed by atoms with E-state index in [1.807, 2.05) is 19.2 Å². The Morgan fingerprint density at radius 2 is 2.10 bits per heavy atom. The van der Waals surface area contributed by atoms with Crippen molar-refractivity contribution in [3.63, 3.8) is 0 Å². The Labute approximate surface area is 115 Å². The minimum Gasteiger partial charge on any atom is -0.308 e. The Bertz CT molecular complexity index is 594. The van der Waals surface area contributed by atoms with Crippen LogP contribution < -0.4 is 5.32 Å². The average molecular weight is 276 g/mol. The van der Waals surface area contributed by atoms with Gasteiger partial charge in [0.1, 0.15) is 11.6 Å². The summed E-state index contributed by atoms with van der Waals surface area (Å²) in [5, 5.41) is 15.7. The van der Waals surface area contributed by atoms with E-state index < -0.39 is 11.6 Å². The van der Waals surface area contributed by atoms with Gasteiger partial charge in [-0.1, -0.05) is 0 Å². The van der Waals surface area contributed by atoms with E-state index in [1.54, 1.807) is 16.9 Å². The second kappa shape index (κ2) is 6.26. The molecular formula is C14H14F2N4. The first-order valence-electron chi connectivity index (χ1n) is 6.19. The Morgan fingerprint density at radius 3 is 2.65 bits per heavy atom. The summed E-state index contributed by atoms with van der Waals surface area (Å²) in [5.41, 5.74) is -0.0790. The fourth-order valence-corrected chi connectivity index (χ4v) is 1.87. The number of nitriles is 1. The van der Waals surface area contributed by atoms with E-state index in [4.69, 9.17) is 5.26 Å². The summed E-state index contributed by atoms with van der Waals surface area (Å²) in [6, 6.07) is 5.61. The van der Waals surface area contributed by atoms with E-state index in [-0.39, 0.29) is 23.7 Å². The minimum atomic E-state index is -0.708. The number of nitrogens with one attached hydrogen (secondary N) is 1. The molecule has 1 unspecified atom stereocenters. The van der Waals surface area contributed by atoms with Crippen molar-refractivity contribution < 1.29 is 8.78 Å². The van der Waals surface area contributed by atoms with Crippen LogP contribution in [-0.4, -0.2) is 15.8 Å². The van der Waals surface area contributed by atoms with Crippen LogP contribution in [0, 0.1) is 23.0 Å². The molecule has 4 nitrogen and oxygen atoms in total. The van der Waals surface area contributed by atoms with Crippen molar-refractivity contribution in [1.29, 1.82) is 5.26 Å². The van der Waals surface area contributed by atoms with Gasteiger partial charge in [0.05, 0.1) is 18.2 Å². The fraction of sp³-hybridized carbons (Fsp3) is 0.286. The number of nitrogens with zero attached hydrogens (tertiary/aromatic N) is 3. The standard InChI is InChI=1S/C14H14F2N4/c1-10(9-20-4-2-3-19-20)18-8-12-13(15)5-11(7-17)6-14(12)16/h2-6,10,18H,8-9H2,1H3. The number of hydrogen-bond acceptors (Lipinski definition) is 3. The van der Waals surface area contributed by atoms with Crippen molar-refractivity contribution in [3.8, 4) is 6.07 Å². The van der Waals surface area contributed by atoms with E-state index >= 15 is 0 Å². The third-order valence-electron chi connectivity index (χ3n) is 2.92. The highest BCUT2D eigenvalue weighted by Gasteiger charge is 2.12. The topological polar surface area (TPSA) is 53.6 Å². The molecule has 0 saturated heterocycles. The van der Waals surface area contributed by atoms with E-state index in [1.165, 1.54) is 0 Å². The van der Waals surface area contributed by atoms with Gasteiger partial charge in [-0.25, -0.2) is 8.78 Å². The largest absolute Gasteiger partial charge is 0.308 e. The van der Waals surface area contributed by atoms with Crippen LogP contribution in [0.15, 0.2) is 30.6 Å². The van der Waals surface area contributed by atoms with Crippen molar-refractivity contribution in [2.75, 3.05) is 0 Å². The summed E-state index contributed by atoms with van der Waals surface area (Å²) >= 11 is 0. The molecule has 104 valence electrons. The van der Waals surface area contributed by atoms with Crippen molar-refractivity contribution in [1.82, 2.24) is 15.1 Å². The Morgan fingerprint density at radius 1 is 1.40 bits per heavy atom. The maximum atomic E-state index is 13.7. The molecule has 2 rings (SSSR count). The van der Waals surface area contributed by atoms with Crippen LogP contribution in [-0.2, 0) is 13.1 Å². The van der Waals surface area contributed by atoms with Gasteiger partial charge in [0, 0.05) is 30.5 Å². The molecule has 0 aliphatic carbocycles. The summed E-state index contributed by atoms with van der Waals surface area (Å²) in [7, 11) is 0. The first kappa shape index (κ1) is 14.2. The number of rotatable bonds is 5. The summed E-state index contributed by atoms with van der Waals surface area (Å²) in [5.74, 6) is -1.42. The predicted octanol–water partition coefficient (Wildman–Crippen LogP) is 2.21. The molecule has 1 aromatic heterocycles. The minimum absolute atomic E-state index is 0.00402. The zero-order valence-corrected chi connectivity index (χ0v) is 11.0. The van der Waals surface area contributed by atoms with Gasteiger partial charge in [0.15, 0.2) is 0 Å². The highest BCUT2D eigenvalue weighted by Crippen LogP contribution is 2.15. The highest BCUT2D eigenvalue weighted by atomic mass is 19.1. The van der Waals surface area contributed by atoms with Crippen LogP contribution in [0.25, 0.3) is 0 Å². The molecule has 0 fully saturated rings. The van der Waals surface area contributed by atoms with Crippen LogP contribution in [0.5, 0.6) is 0 Å². The first-order valence-corrected chi connectivity index (χ1v) is 6.19. The molecule has 2 aromatic rings. The molecule has 20 heavy (non-hydrogen) atoms. The molecule has 0 bridgehead atoms. The molecule has 0 radical (unpaired) electrons. The molecule has 0 aliphatic rings. The summed E-state index contributed by atoms with van der Waals surface area (Å²) in [4.78, 5) is 0. The van der Waals surface area contributed by atoms with Gasteiger partial charge in [-0.2, -0.15) is 10.4 Å². The third-order valence-corrected chi connectivity index (χ3v) is 2.92. The molecule has 1 aromatic carbocycles. The molecule has 1 heterocycles. The monoisotopic (exact) mass is 276 g/mol. The Hall–Kier alpha value is -2.26. The normalized spacial score (nSPS) is 12.1. The number of benzene rings is 1. The molecule has 0 amide bonds. The smallest absolute Gasteiger partial charge is 0.131 e. The van der Waals surface area contributed by atoms with Crippen molar-refractivity contribution in [3.05, 3.63) is 53.4 Å². The fourth-order valence-electron chi connectivity index (χ4n) is 1.87. The zero-order valence-electron chi connectivity index (χ0n) is 11.0. The SMILES string of the molecule is CC(Cn1cccn1)NCc1c(F)cc(C#N)cc1F. The number of halogens is 2. The van der Waals surface area contributed by atoms with E-state index in [0.29, 0.717) is 6.54 Å². The molecular weight excluding hydrogens is 262 g/mol. The second-order valence-corrected chi connectivity index (χ2v) is 4.54. The van der Waals surface area contributed by atoms with Gasteiger partial charge in [-0.15, -0.1) is 0 Å². The highest BCUT2D eigenvalue weighted by molar-refractivity contribution is 5.34. The van der Waals surface area contributed by atoms with Crippen LogP contribution in [0.2, 0.25) is 0 Å². The summed E-state index contributed by atoms with van der Waals surface area (Å²) < 4.78 is 29.1.